The van der Waals surface area contributed by atoms with E-state index in [0.29, 0.717) is 11.8 Å². The van der Waals surface area contributed by atoms with Crippen molar-refractivity contribution < 1.29 is 95.5 Å². The molecule has 3 heterocycles. The maximum absolute atomic E-state index is 12.6. The van der Waals surface area contributed by atoms with Crippen molar-refractivity contribution in [2.45, 2.75) is 63.4 Å². The first-order valence-corrected chi connectivity index (χ1v) is 21.3. The Labute approximate surface area is 319 Å². The molecule has 3 rings (SSSR count). The molecule has 0 aliphatic carbocycles. The number of nitrogen functional groups attached to an aromatic ring is 1. The van der Waals surface area contributed by atoms with E-state index in [1.165, 1.54) is 13.8 Å². The number of carbonyl (C=O) groups excluding carboxylic acids is 3. The highest BCUT2D eigenvalue weighted by molar-refractivity contribution is 8.13. The van der Waals surface area contributed by atoms with Crippen molar-refractivity contribution in [2.24, 2.45) is 5.41 Å². The topological polar surface area (TPSA) is 421 Å². The van der Waals surface area contributed by atoms with Gasteiger partial charge in [-0.05, 0) is 0 Å². The number of nitrogens with zero attached hydrogens (tertiary/aromatic N) is 4. The summed E-state index contributed by atoms with van der Waals surface area (Å²) in [6.45, 7) is -0.0112. The van der Waals surface area contributed by atoms with Crippen LogP contribution in [0.25, 0.3) is 11.2 Å². The molecule has 0 bridgehead atoms. The second-order valence-corrected chi connectivity index (χ2v) is 17.7. The van der Waals surface area contributed by atoms with Gasteiger partial charge >= 0.3 is 29.4 Å². The van der Waals surface area contributed by atoms with Crippen LogP contribution in [0.15, 0.2) is 12.7 Å². The average molecular weight is 884 g/mol. The first-order valence-electron chi connectivity index (χ1n) is 15.8. The minimum Gasteiger partial charge on any atom is -0.481 e. The van der Waals surface area contributed by atoms with Gasteiger partial charge in [0.25, 0.3) is 0 Å². The summed E-state index contributed by atoms with van der Waals surface area (Å²) in [5.74, 6) is -3.03. The Kier molecular flexibility index (Phi) is 16.6. The van der Waals surface area contributed by atoms with Gasteiger partial charge in [0, 0.05) is 30.7 Å². The van der Waals surface area contributed by atoms with Crippen LogP contribution in [0, 0.1) is 5.41 Å². The van der Waals surface area contributed by atoms with Crippen molar-refractivity contribution in [3.05, 3.63) is 12.7 Å². The third kappa shape index (κ3) is 14.1. The number of phosphoric acid groups is 3. The number of nitrogens with two attached hydrogens (primary N) is 1. The number of thioether (sulfide) groups is 1. The number of imidazole rings is 1. The van der Waals surface area contributed by atoms with Crippen LogP contribution in [0.4, 0.5) is 5.82 Å². The molecular weight excluding hydrogens is 843 g/mol. The molecule has 2 aromatic rings. The van der Waals surface area contributed by atoms with E-state index < -0.39 is 108 Å². The highest BCUT2D eigenvalue weighted by Crippen LogP contribution is 2.61. The van der Waals surface area contributed by atoms with E-state index in [1.807, 2.05) is 0 Å². The zero-order valence-electron chi connectivity index (χ0n) is 29.2. The minimum atomic E-state index is -5.60. The predicted octanol–water partition coefficient (Wildman–Crippen LogP) is -2.50. The van der Waals surface area contributed by atoms with Gasteiger partial charge in [0.15, 0.2) is 17.7 Å². The van der Waals surface area contributed by atoms with Crippen LogP contribution >= 0.6 is 35.2 Å². The highest BCUT2D eigenvalue weighted by Gasteiger charge is 2.50. The molecule has 1 fully saturated rings. The molecule has 1 aliphatic rings. The van der Waals surface area contributed by atoms with Crippen molar-refractivity contribution in [1.82, 2.24) is 30.2 Å². The van der Waals surface area contributed by atoms with E-state index in [-0.39, 0.29) is 42.2 Å². The normalized spacial score (nSPS) is 22.2. The number of carboxylic acid groups (broad SMARTS) is 1. The fourth-order valence-electron chi connectivity index (χ4n) is 4.63. The summed E-state index contributed by atoms with van der Waals surface area (Å²) >= 11 is 0.607. The van der Waals surface area contributed by atoms with E-state index in [0.717, 1.165) is 17.2 Å². The molecule has 1 aliphatic heterocycles. The maximum Gasteiger partial charge on any atom is 0.481 e. The summed E-state index contributed by atoms with van der Waals surface area (Å²) in [6.07, 6.45) is -9.68. The van der Waals surface area contributed by atoms with Gasteiger partial charge in [0.1, 0.15) is 42.4 Å². The second kappa shape index (κ2) is 19.6. The summed E-state index contributed by atoms with van der Waals surface area (Å²) in [7, 11) is -16.5. The number of hydrogen-bond acceptors (Lipinski definition) is 20. The lowest BCUT2D eigenvalue weighted by Crippen LogP contribution is -2.46. The van der Waals surface area contributed by atoms with Gasteiger partial charge in [0.2, 0.25) is 16.9 Å². The van der Waals surface area contributed by atoms with Crippen molar-refractivity contribution in [1.29, 1.82) is 0 Å². The summed E-state index contributed by atoms with van der Waals surface area (Å²) < 4.78 is 61.9. The van der Waals surface area contributed by atoms with Gasteiger partial charge in [-0.25, -0.2) is 28.6 Å². The molecule has 27 nitrogen and oxygen atoms in total. The van der Waals surface area contributed by atoms with Crippen molar-refractivity contribution in [3.63, 3.8) is 0 Å². The lowest BCUT2D eigenvalue weighted by atomic mass is 9.87. The zero-order chi connectivity index (χ0) is 42.2. The summed E-state index contributed by atoms with van der Waals surface area (Å²) in [6, 6.07) is 0. The van der Waals surface area contributed by atoms with E-state index >= 15 is 0 Å². The third-order valence-corrected chi connectivity index (χ3v) is 11.5. The van der Waals surface area contributed by atoms with Crippen LogP contribution in [0.2, 0.25) is 0 Å². The monoisotopic (exact) mass is 883 g/mol. The molecule has 0 aromatic carbocycles. The van der Waals surface area contributed by atoms with E-state index in [1.54, 1.807) is 0 Å². The Hall–Kier alpha value is -3.01. The zero-order valence-corrected chi connectivity index (χ0v) is 32.7. The lowest BCUT2D eigenvalue weighted by Gasteiger charge is -2.30. The number of aromatic nitrogens is 4. The van der Waals surface area contributed by atoms with Gasteiger partial charge in [-0.15, -0.1) is 0 Å². The predicted molar refractivity (Wildman–Crippen MR) is 185 cm³/mol. The van der Waals surface area contributed by atoms with Gasteiger partial charge in [-0.2, -0.15) is 4.31 Å². The number of fused-ring (bicyclic) bond motifs is 1. The van der Waals surface area contributed by atoms with Gasteiger partial charge < -0.3 is 61.1 Å². The molecule has 0 saturated carbocycles. The average Bonchev–Trinajstić information content (AvgIpc) is 3.64. The Balaban J connectivity index is 1.49. The van der Waals surface area contributed by atoms with Crippen LogP contribution in [0.3, 0.4) is 0 Å². The first-order chi connectivity index (χ1) is 25.8. The van der Waals surface area contributed by atoms with Crippen LogP contribution in [0.1, 0.15) is 32.9 Å². The smallest absolute Gasteiger partial charge is 0.481 e. The third-order valence-electron chi connectivity index (χ3n) is 7.39. The molecule has 56 heavy (non-hydrogen) atoms. The summed E-state index contributed by atoms with van der Waals surface area (Å²) in [4.78, 5) is 97.5. The minimum absolute atomic E-state index is 0.0136. The highest BCUT2D eigenvalue weighted by atomic mass is 32.2. The number of carboxylic acids is 1. The van der Waals surface area contributed by atoms with Crippen LogP contribution < -0.4 is 16.4 Å². The number of rotatable bonds is 22. The Morgan fingerprint density at radius 1 is 1.04 bits per heavy atom. The molecule has 0 radical (unpaired) electrons. The quantitative estimate of drug-likeness (QED) is 0.0430. The molecule has 12 N–H and O–H groups in total. The second-order valence-electron chi connectivity index (χ2n) is 12.4. The van der Waals surface area contributed by atoms with Crippen molar-refractivity contribution in [2.75, 3.05) is 37.8 Å². The van der Waals surface area contributed by atoms with E-state index in [9.17, 15) is 67.8 Å². The van der Waals surface area contributed by atoms with Crippen LogP contribution in [-0.4, -0.2) is 145 Å². The Morgan fingerprint density at radius 2 is 1.70 bits per heavy atom. The van der Waals surface area contributed by atoms with Crippen LogP contribution in [-0.2, 0) is 55.5 Å². The summed E-state index contributed by atoms with van der Waals surface area (Å²) in [5.41, 5.74) is 4.16. The van der Waals surface area contributed by atoms with Crippen molar-refractivity contribution in [3.8, 4) is 0 Å². The SMILES string of the molecule is CC(C)(COP(=O)(O)OP(=O)(O)OC[C@H]1O[C@@H](n2cnc3c(N)ncnc32)[C@H](O)[C@@H]1OP(=O)(O)O)[C@@H](O)C(=O)NCCC(=O)NCCSC(=O)C(O)CC(=O)O. The fourth-order valence-corrected chi connectivity index (χ4v) is 8.14. The number of ether oxygens (including phenoxy) is 1. The number of aliphatic hydroxyl groups excluding tert-OH is 3. The standard InChI is InChI=1S/C25H40N7O20P3S/c1-25(2,19(38)22(39)28-4-3-14(34)27-5-6-56-24(40)12(33)7-15(35)36)9-49-55(46,47)52-54(44,45)48-8-13-18(51-53(41,42)43)17(37)23(50-13)32-11-31-16-20(26)29-10-30-21(16)32/h10-13,17-19,23,33,37-38H,3-9H2,1-2H3,(H,27,34)(H,28,39)(H,35,36)(H,44,45)(H,46,47)(H2,26,29,30)(H2,41,42,43)/t12?,13-,17-,18-,19+,23-/m1/s1. The summed E-state index contributed by atoms with van der Waals surface area (Å²) in [5, 5.41) is 43.3. The number of amides is 2. The molecule has 31 heteroatoms. The number of aliphatic hydroxyl groups is 3. The lowest BCUT2D eigenvalue weighted by molar-refractivity contribution is -0.141. The molecule has 8 atom stereocenters. The molecule has 2 aromatic heterocycles. The van der Waals surface area contributed by atoms with Gasteiger partial charge in [-0.1, -0.05) is 25.6 Å². The molecule has 316 valence electrons. The molecular formula is C25H40N7O20P3S. The number of phosphoric ester groups is 3. The maximum atomic E-state index is 12.6. The van der Waals surface area contributed by atoms with Gasteiger partial charge in [0.05, 0.1) is 26.0 Å². The number of hydrogen-bond donors (Lipinski definition) is 11. The molecule has 1 saturated heterocycles. The molecule has 0 spiro atoms. The van der Waals surface area contributed by atoms with Crippen LogP contribution in [0.5, 0.6) is 0 Å². The number of aliphatic carboxylic acids is 1. The molecule has 3 unspecified atom stereocenters. The number of anilines is 1. The first kappa shape index (κ1) is 47.4. The number of carbonyl (C=O) groups is 4. The Bertz CT molecular complexity index is 1880. The Morgan fingerprint density at radius 3 is 2.34 bits per heavy atom. The largest absolute Gasteiger partial charge is 0.481 e. The fraction of sp³-hybridized carbons (Fsp3) is 0.640. The van der Waals surface area contributed by atoms with E-state index in [4.69, 9.17) is 24.6 Å². The van der Waals surface area contributed by atoms with E-state index in [2.05, 4.69) is 34.4 Å². The number of nitrogens with one attached hydrogen (secondary N) is 2. The van der Waals surface area contributed by atoms with Crippen molar-refractivity contribution >= 4 is 75.1 Å². The van der Waals surface area contributed by atoms with Gasteiger partial charge in [-0.3, -0.25) is 37.3 Å². The molecule has 2 amide bonds.